The smallest absolute Gasteiger partial charge is 0.310 e. The molecule has 0 heterocycles. The predicted octanol–water partition coefficient (Wildman–Crippen LogP) is 16.9. The molecule has 6 heteroatoms. The number of hydrogen-bond donors (Lipinski definition) is 0. The summed E-state index contributed by atoms with van der Waals surface area (Å²) in [5.74, 6) is -1.13. The van der Waals surface area contributed by atoms with E-state index in [0.29, 0.717) is 19.3 Å². The number of unbranched alkanes of at least 4 members (excludes halogenated alkanes) is 9. The lowest BCUT2D eigenvalue weighted by molar-refractivity contribution is -0.166. The highest BCUT2D eigenvalue weighted by Crippen LogP contribution is 2.11. The minimum atomic E-state index is -0.858. The second kappa shape index (κ2) is 51.9. The van der Waals surface area contributed by atoms with Gasteiger partial charge in [-0.3, -0.25) is 14.4 Å². The molecule has 0 spiro atoms. The zero-order valence-corrected chi connectivity index (χ0v) is 41.2. The molecule has 0 amide bonds. The van der Waals surface area contributed by atoms with Crippen LogP contribution in [-0.4, -0.2) is 37.2 Å². The van der Waals surface area contributed by atoms with Crippen LogP contribution in [0.3, 0.4) is 0 Å². The summed E-state index contributed by atoms with van der Waals surface area (Å²) < 4.78 is 16.6. The van der Waals surface area contributed by atoms with Crippen LogP contribution < -0.4 is 0 Å². The van der Waals surface area contributed by atoms with Crippen molar-refractivity contribution in [3.05, 3.63) is 146 Å². The van der Waals surface area contributed by atoms with Gasteiger partial charge in [-0.1, -0.05) is 199 Å². The largest absolute Gasteiger partial charge is 0.462 e. The zero-order valence-electron chi connectivity index (χ0n) is 41.2. The molecular formula is C59H90O6. The van der Waals surface area contributed by atoms with Crippen LogP contribution in [0.2, 0.25) is 0 Å². The number of carbonyl (C=O) groups is 3. The molecule has 0 saturated heterocycles. The predicted molar refractivity (Wildman–Crippen MR) is 279 cm³/mol. The third-order valence-corrected chi connectivity index (χ3v) is 9.82. The van der Waals surface area contributed by atoms with Gasteiger partial charge in [0, 0.05) is 12.8 Å². The van der Waals surface area contributed by atoms with Crippen molar-refractivity contribution in [2.24, 2.45) is 0 Å². The van der Waals surface area contributed by atoms with Crippen molar-refractivity contribution in [2.45, 2.75) is 194 Å². The Kier molecular flexibility index (Phi) is 48.2. The number of hydrogen-bond acceptors (Lipinski definition) is 6. The summed E-state index contributed by atoms with van der Waals surface area (Å²) in [5, 5.41) is 0. The summed E-state index contributed by atoms with van der Waals surface area (Å²) in [4.78, 5) is 37.9. The second-order valence-electron chi connectivity index (χ2n) is 16.0. The molecule has 362 valence electrons. The van der Waals surface area contributed by atoms with Gasteiger partial charge in [0.15, 0.2) is 6.10 Å². The first kappa shape index (κ1) is 60.3. The van der Waals surface area contributed by atoms with E-state index < -0.39 is 12.1 Å². The third kappa shape index (κ3) is 50.2. The topological polar surface area (TPSA) is 78.9 Å². The van der Waals surface area contributed by atoms with Crippen LogP contribution in [0.4, 0.5) is 0 Å². The van der Waals surface area contributed by atoms with Crippen molar-refractivity contribution in [3.8, 4) is 0 Å². The maximum absolute atomic E-state index is 12.7. The highest BCUT2D eigenvalue weighted by Gasteiger charge is 2.19. The Bertz CT molecular complexity index is 1490. The van der Waals surface area contributed by atoms with Gasteiger partial charge in [-0.2, -0.15) is 0 Å². The minimum absolute atomic E-state index is 0.0790. The monoisotopic (exact) mass is 895 g/mol. The molecule has 0 aliphatic heterocycles. The molecule has 0 aromatic heterocycles. The van der Waals surface area contributed by atoms with Gasteiger partial charge >= 0.3 is 17.9 Å². The van der Waals surface area contributed by atoms with Crippen molar-refractivity contribution in [1.29, 1.82) is 0 Å². The number of allylic oxidation sites excluding steroid dienone is 23. The lowest BCUT2D eigenvalue weighted by Gasteiger charge is -2.18. The number of carbonyl (C=O) groups excluding carboxylic acids is 3. The molecule has 0 aromatic carbocycles. The van der Waals surface area contributed by atoms with E-state index in [1.807, 2.05) is 6.08 Å². The number of esters is 3. The Hall–Kier alpha value is -4.71. The van der Waals surface area contributed by atoms with E-state index in [-0.39, 0.29) is 31.6 Å². The normalized spacial score (nSPS) is 13.3. The first-order chi connectivity index (χ1) is 32.0. The molecule has 0 saturated carbocycles. The second-order valence-corrected chi connectivity index (χ2v) is 16.0. The van der Waals surface area contributed by atoms with Crippen molar-refractivity contribution in [2.75, 3.05) is 13.2 Å². The van der Waals surface area contributed by atoms with Crippen LogP contribution in [0.15, 0.2) is 146 Å². The Morgan fingerprint density at radius 1 is 0.338 bits per heavy atom. The van der Waals surface area contributed by atoms with Crippen LogP contribution >= 0.6 is 0 Å². The van der Waals surface area contributed by atoms with Crippen LogP contribution in [0.1, 0.15) is 188 Å². The Morgan fingerprint density at radius 2 is 0.646 bits per heavy atom. The third-order valence-electron chi connectivity index (χ3n) is 9.82. The van der Waals surface area contributed by atoms with Crippen LogP contribution in [-0.2, 0) is 28.6 Å². The maximum atomic E-state index is 12.7. The Balaban J connectivity index is 4.61. The van der Waals surface area contributed by atoms with Gasteiger partial charge in [-0.25, -0.2) is 0 Å². The van der Waals surface area contributed by atoms with Crippen molar-refractivity contribution in [1.82, 2.24) is 0 Å². The fourth-order valence-electron chi connectivity index (χ4n) is 6.11. The SMILES string of the molecule is CC/C=C\C/C=C\C/C=C\C/C=C\C/C=C\CCCCCC(=O)OCC(COC(=O)CCCCCCC/C=C\C/C=C\CCC)OC(=O)C/C=C\C/C=C\C/C=C\C/C=C\C/C=C\CC. The van der Waals surface area contributed by atoms with Crippen molar-refractivity contribution < 1.29 is 28.6 Å². The summed E-state index contributed by atoms with van der Waals surface area (Å²) in [6.07, 6.45) is 74.2. The molecule has 65 heavy (non-hydrogen) atoms. The van der Waals surface area contributed by atoms with Gasteiger partial charge in [0.05, 0.1) is 6.42 Å². The van der Waals surface area contributed by atoms with Crippen LogP contribution in [0.25, 0.3) is 0 Å². The van der Waals surface area contributed by atoms with Gasteiger partial charge < -0.3 is 14.2 Å². The summed E-state index contributed by atoms with van der Waals surface area (Å²) in [6.45, 7) is 6.19. The van der Waals surface area contributed by atoms with Crippen molar-refractivity contribution in [3.63, 3.8) is 0 Å². The van der Waals surface area contributed by atoms with Gasteiger partial charge in [0.2, 0.25) is 0 Å². The van der Waals surface area contributed by atoms with Crippen LogP contribution in [0, 0.1) is 0 Å². The summed E-state index contributed by atoms with van der Waals surface area (Å²) >= 11 is 0. The van der Waals surface area contributed by atoms with E-state index in [2.05, 4.69) is 154 Å². The zero-order chi connectivity index (χ0) is 47.2. The van der Waals surface area contributed by atoms with Crippen LogP contribution in [0.5, 0.6) is 0 Å². The molecule has 0 aromatic rings. The maximum Gasteiger partial charge on any atom is 0.310 e. The van der Waals surface area contributed by atoms with Gasteiger partial charge in [-0.05, 0) is 116 Å². The average molecular weight is 895 g/mol. The molecule has 0 N–H and O–H groups in total. The molecule has 0 aliphatic rings. The first-order valence-corrected chi connectivity index (χ1v) is 25.3. The van der Waals surface area contributed by atoms with E-state index in [1.54, 1.807) is 6.08 Å². The molecule has 0 radical (unpaired) electrons. The van der Waals surface area contributed by atoms with Gasteiger partial charge in [-0.15, -0.1) is 0 Å². The summed E-state index contributed by atoms with van der Waals surface area (Å²) in [5.41, 5.74) is 0. The van der Waals surface area contributed by atoms with E-state index in [0.717, 1.165) is 135 Å². The highest BCUT2D eigenvalue weighted by molar-refractivity contribution is 5.72. The van der Waals surface area contributed by atoms with Gasteiger partial charge in [0.25, 0.3) is 0 Å². The fraction of sp³-hybridized carbons (Fsp3) is 0.542. The standard InChI is InChI=1S/C59H90O6/c1-4-7-10-13-16-19-22-25-27-28-29-30-32-34-37-40-43-46-49-52-58(61)64-55-56(54-63-57(60)51-48-45-42-39-36-33-24-21-18-15-12-9-6-3)65-59(62)53-50-47-44-41-38-35-31-26-23-20-17-14-11-8-5-2/h7-8,10-12,15-17,19-21,24-27,29-31,34,37-38,41,47,50,56H,4-6,9,13-14,18,22-23,28,32-33,35-36,39-40,42-46,48-49,51-55H2,1-3H3/b10-7-,11-8-,15-12-,19-16-,20-17-,24-21-,27-25-,30-29-,31-26-,37-34-,41-38-,50-47-. The lowest BCUT2D eigenvalue weighted by atomic mass is 10.1. The molecule has 0 fully saturated rings. The average Bonchev–Trinajstić information content (AvgIpc) is 3.30. The van der Waals surface area contributed by atoms with Crippen molar-refractivity contribution >= 4 is 17.9 Å². The Morgan fingerprint density at radius 3 is 1.03 bits per heavy atom. The van der Waals surface area contributed by atoms with E-state index in [1.165, 1.54) is 6.42 Å². The fourth-order valence-corrected chi connectivity index (χ4v) is 6.11. The molecule has 0 aliphatic carbocycles. The minimum Gasteiger partial charge on any atom is -0.462 e. The summed E-state index contributed by atoms with van der Waals surface area (Å²) in [7, 11) is 0. The number of rotatable bonds is 43. The van der Waals surface area contributed by atoms with E-state index in [9.17, 15) is 14.4 Å². The molecule has 1 atom stereocenters. The highest BCUT2D eigenvalue weighted by atomic mass is 16.6. The quantitative estimate of drug-likeness (QED) is 0.0263. The molecule has 1 unspecified atom stereocenters. The van der Waals surface area contributed by atoms with E-state index in [4.69, 9.17) is 14.2 Å². The molecule has 0 rings (SSSR count). The molecule has 0 bridgehead atoms. The van der Waals surface area contributed by atoms with Gasteiger partial charge in [0.1, 0.15) is 13.2 Å². The number of ether oxygens (including phenoxy) is 3. The summed E-state index contributed by atoms with van der Waals surface area (Å²) in [6, 6.07) is 0. The first-order valence-electron chi connectivity index (χ1n) is 25.3. The lowest BCUT2D eigenvalue weighted by Crippen LogP contribution is -2.30. The Labute approximate surface area is 397 Å². The molecular weight excluding hydrogens is 805 g/mol. The molecule has 6 nitrogen and oxygen atoms in total. The van der Waals surface area contributed by atoms with E-state index >= 15 is 0 Å².